The van der Waals surface area contributed by atoms with Crippen LogP contribution in [0, 0.1) is 6.57 Å². The third-order valence-electron chi connectivity index (χ3n) is 7.41. The van der Waals surface area contributed by atoms with Crippen LogP contribution in [0.15, 0.2) is 41.2 Å². The highest BCUT2D eigenvalue weighted by atomic mass is 16.5. The summed E-state index contributed by atoms with van der Waals surface area (Å²) in [5.74, 6) is 1.80. The Kier molecular flexibility index (Phi) is 8.13. The standard InChI is InChI=1S/C29H38N6O2/c1-8-21-18-35(28-27-25(33(7)29(36)32-28)15-16-26(30-6)31-27)22(9-2)17-34(21)24(10-3)20-11-13-23(14-12-20)37-19(4)5/h11-16,19,21-22,24H,8-10,17-18H2,1-5,7H3/t21-,22+,24?/m1/s1. The molecule has 0 N–H and O–H groups in total. The minimum atomic E-state index is -0.305. The first kappa shape index (κ1) is 26.6. The van der Waals surface area contributed by atoms with E-state index in [2.05, 4.69) is 69.6 Å². The van der Waals surface area contributed by atoms with Crippen LogP contribution in [0.1, 0.15) is 65.5 Å². The van der Waals surface area contributed by atoms with Gasteiger partial charge in [-0.15, -0.1) is 4.98 Å². The topological polar surface area (TPSA) is 67.9 Å². The molecular formula is C29H38N6O2. The molecule has 0 saturated carbocycles. The Morgan fingerprint density at radius 3 is 2.32 bits per heavy atom. The number of pyridine rings is 1. The van der Waals surface area contributed by atoms with Crippen LogP contribution < -0.4 is 15.3 Å². The molecule has 0 amide bonds. The molecule has 1 saturated heterocycles. The third-order valence-corrected chi connectivity index (χ3v) is 7.41. The van der Waals surface area contributed by atoms with E-state index >= 15 is 0 Å². The number of aryl methyl sites for hydroxylation is 1. The van der Waals surface area contributed by atoms with E-state index in [0.717, 1.165) is 38.1 Å². The van der Waals surface area contributed by atoms with Gasteiger partial charge in [0.05, 0.1) is 11.6 Å². The molecule has 3 heterocycles. The minimum absolute atomic E-state index is 0.149. The van der Waals surface area contributed by atoms with E-state index in [1.807, 2.05) is 13.8 Å². The molecule has 4 rings (SSSR count). The number of hydrogen-bond donors (Lipinski definition) is 0. The normalized spacial score (nSPS) is 19.2. The Morgan fingerprint density at radius 2 is 1.73 bits per heavy atom. The highest BCUT2D eigenvalue weighted by molar-refractivity contribution is 5.87. The summed E-state index contributed by atoms with van der Waals surface area (Å²) in [6.45, 7) is 19.8. The lowest BCUT2D eigenvalue weighted by molar-refractivity contribution is 0.0895. The van der Waals surface area contributed by atoms with Crippen LogP contribution in [0.3, 0.4) is 0 Å². The average molecular weight is 503 g/mol. The number of anilines is 1. The van der Waals surface area contributed by atoms with Crippen molar-refractivity contribution in [2.45, 2.75) is 78.1 Å². The lowest BCUT2D eigenvalue weighted by atomic mass is 9.95. The molecule has 2 aromatic heterocycles. The molecule has 0 bridgehead atoms. The molecule has 1 aliphatic rings. The van der Waals surface area contributed by atoms with Gasteiger partial charge in [0.25, 0.3) is 5.82 Å². The Morgan fingerprint density at radius 1 is 1.03 bits per heavy atom. The zero-order valence-electron chi connectivity index (χ0n) is 22.8. The van der Waals surface area contributed by atoms with Crippen LogP contribution in [-0.2, 0) is 7.05 Å². The van der Waals surface area contributed by atoms with Crippen LogP contribution in [-0.4, -0.2) is 50.7 Å². The van der Waals surface area contributed by atoms with Gasteiger partial charge in [-0.1, -0.05) is 39.5 Å². The molecule has 1 unspecified atom stereocenters. The maximum absolute atomic E-state index is 12.8. The van der Waals surface area contributed by atoms with Crippen LogP contribution in [0.25, 0.3) is 15.9 Å². The van der Waals surface area contributed by atoms with Crippen molar-refractivity contribution >= 4 is 22.7 Å². The first-order valence-corrected chi connectivity index (χ1v) is 13.3. The SMILES string of the molecule is [C-]#[N+]c1ccc2c(n1)c(N1C[C@@H](CC)N(C(CC)c3ccc(OC(C)C)cc3)C[C@@H]1CC)nc(=O)n2C. The second kappa shape index (κ2) is 11.3. The zero-order valence-corrected chi connectivity index (χ0v) is 22.8. The fourth-order valence-corrected chi connectivity index (χ4v) is 5.49. The van der Waals surface area contributed by atoms with Gasteiger partial charge >= 0.3 is 5.69 Å². The molecule has 3 aromatic rings. The number of fused-ring (bicyclic) bond motifs is 1. The fourth-order valence-electron chi connectivity index (χ4n) is 5.49. The van der Waals surface area contributed by atoms with Crippen molar-refractivity contribution in [2.24, 2.45) is 7.05 Å². The summed E-state index contributed by atoms with van der Waals surface area (Å²) in [5, 5.41) is 0. The Hall–Kier alpha value is -3.44. The van der Waals surface area contributed by atoms with E-state index < -0.39 is 0 Å². The molecule has 1 fully saturated rings. The zero-order chi connectivity index (χ0) is 26.7. The summed E-state index contributed by atoms with van der Waals surface area (Å²) >= 11 is 0. The molecule has 0 radical (unpaired) electrons. The Balaban J connectivity index is 1.70. The van der Waals surface area contributed by atoms with Crippen molar-refractivity contribution in [1.82, 2.24) is 19.4 Å². The van der Waals surface area contributed by atoms with Crippen molar-refractivity contribution in [1.29, 1.82) is 0 Å². The second-order valence-electron chi connectivity index (χ2n) is 10.1. The van der Waals surface area contributed by atoms with E-state index in [-0.39, 0.29) is 29.9 Å². The molecule has 8 nitrogen and oxygen atoms in total. The van der Waals surface area contributed by atoms with E-state index in [9.17, 15) is 4.79 Å². The van der Waals surface area contributed by atoms with E-state index in [1.165, 1.54) is 10.1 Å². The van der Waals surface area contributed by atoms with Crippen molar-refractivity contribution in [2.75, 3.05) is 18.0 Å². The number of benzene rings is 1. The lowest BCUT2D eigenvalue weighted by Crippen LogP contribution is -2.59. The fraction of sp³-hybridized carbons (Fsp3) is 0.517. The van der Waals surface area contributed by atoms with E-state index in [4.69, 9.17) is 11.3 Å². The van der Waals surface area contributed by atoms with Gasteiger partial charge in [-0.3, -0.25) is 9.47 Å². The summed E-state index contributed by atoms with van der Waals surface area (Å²) in [5.41, 5.74) is 2.30. The number of rotatable bonds is 8. The highest BCUT2D eigenvalue weighted by Gasteiger charge is 2.38. The highest BCUT2D eigenvalue weighted by Crippen LogP contribution is 2.35. The van der Waals surface area contributed by atoms with Gasteiger partial charge < -0.3 is 14.5 Å². The van der Waals surface area contributed by atoms with E-state index in [1.54, 1.807) is 19.2 Å². The number of hydrogen-bond acceptors (Lipinski definition) is 6. The number of aromatic nitrogens is 3. The Labute approximate surface area is 219 Å². The van der Waals surface area contributed by atoms with Crippen LogP contribution in [0.2, 0.25) is 0 Å². The monoisotopic (exact) mass is 502 g/mol. The van der Waals surface area contributed by atoms with Crippen LogP contribution >= 0.6 is 0 Å². The summed E-state index contributed by atoms with van der Waals surface area (Å²) in [7, 11) is 1.70. The van der Waals surface area contributed by atoms with Crippen molar-refractivity contribution in [3.63, 3.8) is 0 Å². The summed E-state index contributed by atoms with van der Waals surface area (Å²) in [6, 6.07) is 12.7. The van der Waals surface area contributed by atoms with Crippen LogP contribution in [0.5, 0.6) is 5.75 Å². The summed E-state index contributed by atoms with van der Waals surface area (Å²) in [6.07, 6.45) is 3.03. The van der Waals surface area contributed by atoms with Crippen molar-refractivity contribution in [3.05, 3.63) is 63.9 Å². The molecule has 37 heavy (non-hydrogen) atoms. The van der Waals surface area contributed by atoms with E-state index in [0.29, 0.717) is 22.7 Å². The molecule has 3 atom stereocenters. The largest absolute Gasteiger partial charge is 0.491 e. The van der Waals surface area contributed by atoms with Crippen molar-refractivity contribution < 1.29 is 4.74 Å². The molecule has 0 spiro atoms. The van der Waals surface area contributed by atoms with Crippen LogP contribution in [0.4, 0.5) is 11.6 Å². The second-order valence-corrected chi connectivity index (χ2v) is 10.1. The molecule has 1 aromatic carbocycles. The minimum Gasteiger partial charge on any atom is -0.491 e. The molecule has 8 heteroatoms. The molecule has 0 aliphatic carbocycles. The maximum Gasteiger partial charge on any atom is 0.350 e. The first-order chi connectivity index (χ1) is 17.8. The van der Waals surface area contributed by atoms with Gasteiger partial charge in [-0.05, 0) is 62.9 Å². The Bertz CT molecular complexity index is 1330. The van der Waals surface area contributed by atoms with Gasteiger partial charge in [0.1, 0.15) is 5.75 Å². The van der Waals surface area contributed by atoms with Crippen molar-refractivity contribution in [3.8, 4) is 5.75 Å². The van der Waals surface area contributed by atoms with Gasteiger partial charge in [0.2, 0.25) is 5.52 Å². The molecule has 196 valence electrons. The van der Waals surface area contributed by atoms with Gasteiger partial charge in [-0.2, -0.15) is 4.98 Å². The predicted molar refractivity (Wildman–Crippen MR) is 148 cm³/mol. The quantitative estimate of drug-likeness (QED) is 0.379. The predicted octanol–water partition coefficient (Wildman–Crippen LogP) is 5.50. The molecular weight excluding hydrogens is 464 g/mol. The number of nitrogens with zero attached hydrogens (tertiary/aromatic N) is 6. The number of ether oxygens (including phenoxy) is 1. The third kappa shape index (κ3) is 5.33. The summed E-state index contributed by atoms with van der Waals surface area (Å²) in [4.78, 5) is 30.3. The lowest BCUT2D eigenvalue weighted by Gasteiger charge is -2.49. The summed E-state index contributed by atoms with van der Waals surface area (Å²) < 4.78 is 7.37. The van der Waals surface area contributed by atoms with Gasteiger partial charge in [-0.25, -0.2) is 4.79 Å². The molecule has 1 aliphatic heterocycles. The number of piperazine rings is 1. The smallest absolute Gasteiger partial charge is 0.350 e. The maximum atomic E-state index is 12.8. The van der Waals surface area contributed by atoms with Gasteiger partial charge in [0.15, 0.2) is 5.82 Å². The average Bonchev–Trinajstić information content (AvgIpc) is 2.91. The van der Waals surface area contributed by atoms with Gasteiger partial charge in [0, 0.05) is 38.3 Å². The first-order valence-electron chi connectivity index (χ1n) is 13.3.